The summed E-state index contributed by atoms with van der Waals surface area (Å²) in [6.45, 7) is 9.22. The molecule has 2 N–H and O–H groups in total. The fraction of sp³-hybridized carbons (Fsp3) is 0.625. The summed E-state index contributed by atoms with van der Waals surface area (Å²) in [4.78, 5) is 0. The van der Waals surface area contributed by atoms with Gasteiger partial charge in [-0.3, -0.25) is 0 Å². The largest absolute Gasteiger partial charge is 0.489 e. The van der Waals surface area contributed by atoms with E-state index in [1.165, 1.54) is 18.4 Å². The van der Waals surface area contributed by atoms with Gasteiger partial charge >= 0.3 is 0 Å². The summed E-state index contributed by atoms with van der Waals surface area (Å²) in [5, 5.41) is 0. The Morgan fingerprint density at radius 3 is 2.22 bits per heavy atom. The number of benzene rings is 1. The summed E-state index contributed by atoms with van der Waals surface area (Å²) in [5.74, 6) is 0.917. The van der Waals surface area contributed by atoms with E-state index in [-0.39, 0.29) is 11.5 Å². The summed E-state index contributed by atoms with van der Waals surface area (Å²) < 4.78 is 5.96. The summed E-state index contributed by atoms with van der Waals surface area (Å²) >= 11 is 0. The highest BCUT2D eigenvalue weighted by molar-refractivity contribution is 5.27. The van der Waals surface area contributed by atoms with Gasteiger partial charge in [-0.05, 0) is 30.5 Å². The second-order valence-electron chi connectivity index (χ2n) is 5.96. The molecule has 18 heavy (non-hydrogen) atoms. The van der Waals surface area contributed by atoms with Crippen molar-refractivity contribution in [2.45, 2.75) is 53.1 Å². The normalized spacial score (nSPS) is 13.4. The maximum absolute atomic E-state index is 5.96. The molecule has 0 saturated carbocycles. The van der Waals surface area contributed by atoms with Crippen LogP contribution < -0.4 is 10.5 Å². The van der Waals surface area contributed by atoms with E-state index in [9.17, 15) is 0 Å². The van der Waals surface area contributed by atoms with Crippen LogP contribution in [0.4, 0.5) is 0 Å². The van der Waals surface area contributed by atoms with Crippen LogP contribution in [-0.2, 0) is 6.42 Å². The van der Waals surface area contributed by atoms with Crippen LogP contribution in [0, 0.1) is 5.41 Å². The van der Waals surface area contributed by atoms with Crippen LogP contribution in [-0.4, -0.2) is 12.6 Å². The molecule has 1 aromatic rings. The zero-order valence-electron chi connectivity index (χ0n) is 12.2. The Kier molecular flexibility index (Phi) is 5.67. The van der Waals surface area contributed by atoms with Gasteiger partial charge in [-0.2, -0.15) is 0 Å². The fourth-order valence-electron chi connectivity index (χ4n) is 1.86. The van der Waals surface area contributed by atoms with Gasteiger partial charge in [0, 0.05) is 12.0 Å². The van der Waals surface area contributed by atoms with Crippen LogP contribution in [0.5, 0.6) is 5.75 Å². The third-order valence-corrected chi connectivity index (χ3v) is 3.20. The van der Waals surface area contributed by atoms with E-state index in [1.807, 2.05) is 0 Å². The van der Waals surface area contributed by atoms with E-state index < -0.39 is 0 Å². The summed E-state index contributed by atoms with van der Waals surface area (Å²) in [7, 11) is 0. The van der Waals surface area contributed by atoms with Crippen molar-refractivity contribution in [2.75, 3.05) is 6.54 Å². The standard InChI is InChI=1S/C16H27NO/c1-5-6-7-13-8-10-14(11-9-13)18-15(12-17)16(2,3)4/h8-11,15H,5-7,12,17H2,1-4H3. The predicted molar refractivity (Wildman–Crippen MR) is 78.0 cm³/mol. The number of aryl methyl sites for hydroxylation is 1. The van der Waals surface area contributed by atoms with Crippen LogP contribution in [0.1, 0.15) is 46.1 Å². The van der Waals surface area contributed by atoms with E-state index in [4.69, 9.17) is 10.5 Å². The lowest BCUT2D eigenvalue weighted by Crippen LogP contribution is -2.38. The molecule has 0 aliphatic rings. The highest BCUT2D eigenvalue weighted by atomic mass is 16.5. The molecule has 1 atom stereocenters. The average Bonchev–Trinajstić information content (AvgIpc) is 2.33. The Labute approximate surface area is 112 Å². The predicted octanol–water partition coefficient (Wildman–Crippen LogP) is 3.78. The quantitative estimate of drug-likeness (QED) is 0.832. The molecular weight excluding hydrogens is 222 g/mol. The molecule has 0 saturated heterocycles. The molecule has 0 fully saturated rings. The zero-order valence-corrected chi connectivity index (χ0v) is 12.2. The first-order valence-corrected chi connectivity index (χ1v) is 6.93. The topological polar surface area (TPSA) is 35.2 Å². The van der Waals surface area contributed by atoms with Crippen LogP contribution >= 0.6 is 0 Å². The van der Waals surface area contributed by atoms with Gasteiger partial charge in [-0.15, -0.1) is 0 Å². The lowest BCUT2D eigenvalue weighted by atomic mass is 9.89. The van der Waals surface area contributed by atoms with Gasteiger partial charge in [-0.1, -0.05) is 46.2 Å². The third-order valence-electron chi connectivity index (χ3n) is 3.20. The van der Waals surface area contributed by atoms with Crippen molar-refractivity contribution in [3.8, 4) is 5.75 Å². The molecule has 2 nitrogen and oxygen atoms in total. The first-order chi connectivity index (χ1) is 8.47. The lowest BCUT2D eigenvalue weighted by molar-refractivity contribution is 0.0941. The van der Waals surface area contributed by atoms with Gasteiger partial charge in [-0.25, -0.2) is 0 Å². The van der Waals surface area contributed by atoms with Crippen molar-refractivity contribution >= 4 is 0 Å². The van der Waals surface area contributed by atoms with Crippen molar-refractivity contribution in [2.24, 2.45) is 11.1 Å². The van der Waals surface area contributed by atoms with Gasteiger partial charge in [0.1, 0.15) is 11.9 Å². The van der Waals surface area contributed by atoms with Crippen LogP contribution in [0.3, 0.4) is 0 Å². The summed E-state index contributed by atoms with van der Waals surface area (Å²) in [6, 6.07) is 8.42. The Bertz CT molecular complexity index is 337. The van der Waals surface area contributed by atoms with E-state index in [1.54, 1.807) is 0 Å². The molecule has 0 aromatic heterocycles. The molecule has 0 bridgehead atoms. The molecule has 1 unspecified atom stereocenters. The van der Waals surface area contributed by atoms with Crippen LogP contribution in [0.2, 0.25) is 0 Å². The third kappa shape index (κ3) is 4.69. The van der Waals surface area contributed by atoms with Gasteiger partial charge in [0.25, 0.3) is 0 Å². The Balaban J connectivity index is 2.62. The molecule has 0 amide bonds. The number of nitrogens with two attached hydrogens (primary N) is 1. The maximum Gasteiger partial charge on any atom is 0.119 e. The number of ether oxygens (including phenoxy) is 1. The minimum Gasteiger partial charge on any atom is -0.489 e. The van der Waals surface area contributed by atoms with E-state index in [2.05, 4.69) is 52.0 Å². The van der Waals surface area contributed by atoms with E-state index >= 15 is 0 Å². The van der Waals surface area contributed by atoms with Crippen LogP contribution in [0.15, 0.2) is 24.3 Å². The molecule has 0 spiro atoms. The number of hydrogen-bond donors (Lipinski definition) is 1. The minimum atomic E-state index is 0.0546. The lowest BCUT2D eigenvalue weighted by Gasteiger charge is -2.30. The van der Waals surface area contributed by atoms with E-state index in [0.717, 1.165) is 12.2 Å². The smallest absolute Gasteiger partial charge is 0.119 e. The monoisotopic (exact) mass is 249 g/mol. The molecule has 0 aliphatic carbocycles. The highest BCUT2D eigenvalue weighted by Gasteiger charge is 2.24. The molecular formula is C16H27NO. The molecule has 0 radical (unpaired) electrons. The summed E-state index contributed by atoms with van der Waals surface area (Å²) in [5.41, 5.74) is 7.22. The minimum absolute atomic E-state index is 0.0546. The van der Waals surface area contributed by atoms with Crippen LogP contribution in [0.25, 0.3) is 0 Å². The molecule has 1 aromatic carbocycles. The van der Waals surface area contributed by atoms with Gasteiger partial charge in [0.05, 0.1) is 0 Å². The van der Waals surface area contributed by atoms with Crippen molar-refractivity contribution < 1.29 is 4.74 Å². The Hall–Kier alpha value is -1.02. The second-order valence-corrected chi connectivity index (χ2v) is 5.96. The number of rotatable bonds is 6. The Morgan fingerprint density at radius 1 is 1.17 bits per heavy atom. The Morgan fingerprint density at radius 2 is 1.78 bits per heavy atom. The van der Waals surface area contributed by atoms with Crippen molar-refractivity contribution in [3.63, 3.8) is 0 Å². The van der Waals surface area contributed by atoms with Gasteiger partial charge < -0.3 is 10.5 Å². The second kappa shape index (κ2) is 6.79. The van der Waals surface area contributed by atoms with Crippen molar-refractivity contribution in [1.29, 1.82) is 0 Å². The zero-order chi connectivity index (χ0) is 13.6. The average molecular weight is 249 g/mol. The van der Waals surface area contributed by atoms with Gasteiger partial charge in [0.2, 0.25) is 0 Å². The highest BCUT2D eigenvalue weighted by Crippen LogP contribution is 2.24. The number of unbranched alkanes of at least 4 members (excludes halogenated alkanes) is 1. The molecule has 2 heteroatoms. The molecule has 1 rings (SSSR count). The molecule has 0 aliphatic heterocycles. The van der Waals surface area contributed by atoms with Gasteiger partial charge in [0.15, 0.2) is 0 Å². The first kappa shape index (κ1) is 15.0. The fourth-order valence-corrected chi connectivity index (χ4v) is 1.86. The maximum atomic E-state index is 5.96. The van der Waals surface area contributed by atoms with Crippen molar-refractivity contribution in [1.82, 2.24) is 0 Å². The molecule has 102 valence electrons. The van der Waals surface area contributed by atoms with Crippen molar-refractivity contribution in [3.05, 3.63) is 29.8 Å². The molecule has 0 heterocycles. The SMILES string of the molecule is CCCCc1ccc(OC(CN)C(C)(C)C)cc1. The first-order valence-electron chi connectivity index (χ1n) is 6.93. The number of hydrogen-bond acceptors (Lipinski definition) is 2. The van der Waals surface area contributed by atoms with E-state index in [0.29, 0.717) is 6.54 Å². The summed E-state index contributed by atoms with van der Waals surface area (Å²) in [6.07, 6.45) is 3.68.